The number of aryl methyl sites for hydroxylation is 4. The normalized spacial score (nSPS) is 14.0. The summed E-state index contributed by atoms with van der Waals surface area (Å²) in [6, 6.07) is 76.5. The fourth-order valence-corrected chi connectivity index (χ4v) is 11.6. The van der Waals surface area contributed by atoms with Crippen molar-refractivity contribution >= 4 is 21.5 Å². The molecule has 0 amide bonds. The molecule has 0 saturated carbocycles. The average Bonchev–Trinajstić information content (AvgIpc) is 3.81. The van der Waals surface area contributed by atoms with Gasteiger partial charge < -0.3 is 4.74 Å². The van der Waals surface area contributed by atoms with Crippen molar-refractivity contribution in [2.24, 2.45) is 0 Å². The molecule has 1 nitrogen and oxygen atoms in total. The predicted molar refractivity (Wildman–Crippen MR) is 262 cm³/mol. The maximum Gasteiger partial charge on any atom is 0.127 e. The van der Waals surface area contributed by atoms with Crippen LogP contribution in [-0.2, 0) is 10.8 Å². The quantitative estimate of drug-likeness (QED) is 0.163. The van der Waals surface area contributed by atoms with Gasteiger partial charge in [-0.25, -0.2) is 0 Å². The third-order valence-electron chi connectivity index (χ3n) is 14.7. The van der Waals surface area contributed by atoms with Gasteiger partial charge in [0.15, 0.2) is 0 Å². The summed E-state index contributed by atoms with van der Waals surface area (Å²) in [4.78, 5) is 0. The minimum atomic E-state index is -0.522. The van der Waals surface area contributed by atoms with E-state index < -0.39 is 10.8 Å². The highest BCUT2D eigenvalue weighted by Crippen LogP contribution is 2.59. The van der Waals surface area contributed by atoms with Gasteiger partial charge in [-0.1, -0.05) is 182 Å². The zero-order valence-electron chi connectivity index (χ0n) is 36.0. The van der Waals surface area contributed by atoms with E-state index in [1.165, 1.54) is 111 Å². The van der Waals surface area contributed by atoms with E-state index >= 15 is 0 Å². The van der Waals surface area contributed by atoms with Crippen LogP contribution < -0.4 is 4.74 Å². The number of hydrogen-bond acceptors (Lipinski definition) is 1. The van der Waals surface area contributed by atoms with E-state index in [0.29, 0.717) is 0 Å². The Morgan fingerprint density at radius 1 is 0.286 bits per heavy atom. The molecule has 0 atom stereocenters. The summed E-state index contributed by atoms with van der Waals surface area (Å²) >= 11 is 0. The maximum absolute atomic E-state index is 6.78. The summed E-state index contributed by atoms with van der Waals surface area (Å²) in [5.41, 5.74) is 19.6. The van der Waals surface area contributed by atoms with E-state index in [0.717, 1.165) is 11.5 Å². The van der Waals surface area contributed by atoms with Crippen molar-refractivity contribution in [3.63, 3.8) is 0 Å². The Morgan fingerprint density at radius 3 is 0.905 bits per heavy atom. The Kier molecular flexibility index (Phi) is 8.30. The summed E-state index contributed by atoms with van der Waals surface area (Å²) in [6.07, 6.45) is 0. The molecule has 0 saturated heterocycles. The van der Waals surface area contributed by atoms with Crippen molar-refractivity contribution in [3.05, 3.63) is 273 Å². The van der Waals surface area contributed by atoms with Crippen molar-refractivity contribution < 1.29 is 4.74 Å². The van der Waals surface area contributed by atoms with Crippen molar-refractivity contribution in [2.75, 3.05) is 0 Å². The smallest absolute Gasteiger partial charge is 0.127 e. The van der Waals surface area contributed by atoms with Gasteiger partial charge in [0.1, 0.15) is 11.5 Å². The lowest BCUT2D eigenvalue weighted by Crippen LogP contribution is -2.29. The minimum Gasteiger partial charge on any atom is -0.457 e. The highest BCUT2D eigenvalue weighted by atomic mass is 16.5. The second-order valence-corrected chi connectivity index (χ2v) is 17.7. The molecule has 0 unspecified atom stereocenters. The van der Waals surface area contributed by atoms with E-state index in [4.69, 9.17) is 4.74 Å². The lowest BCUT2D eigenvalue weighted by molar-refractivity contribution is 0.481. The Bertz CT molecular complexity index is 3140. The summed E-state index contributed by atoms with van der Waals surface area (Å²) in [7, 11) is 0. The Hall–Kier alpha value is -7.48. The molecule has 0 aliphatic heterocycles. The van der Waals surface area contributed by atoms with Crippen LogP contribution in [0.3, 0.4) is 0 Å². The molecule has 0 N–H and O–H groups in total. The van der Waals surface area contributed by atoms with Gasteiger partial charge in [0.25, 0.3) is 0 Å². The largest absolute Gasteiger partial charge is 0.457 e. The van der Waals surface area contributed by atoms with Gasteiger partial charge in [0, 0.05) is 0 Å². The molecule has 1 heteroatoms. The van der Waals surface area contributed by atoms with Crippen LogP contribution in [0.1, 0.15) is 66.8 Å². The molecule has 0 heterocycles. The SMILES string of the molecule is Cc1cc(C2(c3ccc(Oc4ccc(C5(c6cc(C)c(C)c7ccccc67)c6ccccc6-c6ccccc65)cc4)cc3)c3ccccc3-c3ccccc32)c2ccccc2c1C. The highest BCUT2D eigenvalue weighted by molar-refractivity contribution is 5.98. The van der Waals surface area contributed by atoms with Crippen molar-refractivity contribution in [1.29, 1.82) is 0 Å². The Labute approximate surface area is 369 Å². The first-order valence-electron chi connectivity index (χ1n) is 22.2. The number of benzene rings is 10. The van der Waals surface area contributed by atoms with Crippen molar-refractivity contribution in [1.82, 2.24) is 0 Å². The molecule has 63 heavy (non-hydrogen) atoms. The van der Waals surface area contributed by atoms with E-state index in [1.54, 1.807) is 0 Å². The van der Waals surface area contributed by atoms with Crippen LogP contribution in [0.25, 0.3) is 43.8 Å². The highest BCUT2D eigenvalue weighted by Gasteiger charge is 2.48. The standard InChI is InChI=1S/C62H46O/c1-39-37-59(49-19-7-5-17-47(49)41(39)3)61(55-25-13-9-21-51(55)52-22-10-14-26-56(52)61)43-29-33-45(34-30-43)63-46-35-31-44(32-36-46)62(60-38-40(2)42(4)48-18-6-8-20-50(48)60)57-27-15-11-23-53(57)54-24-12-16-28-58(54)62/h5-38H,1-4H3. The van der Waals surface area contributed by atoms with Crippen LogP contribution in [0.15, 0.2) is 206 Å². The van der Waals surface area contributed by atoms with Gasteiger partial charge in [0.2, 0.25) is 0 Å². The van der Waals surface area contributed by atoms with Gasteiger partial charge in [-0.05, 0) is 163 Å². The summed E-state index contributed by atoms with van der Waals surface area (Å²) in [5, 5.41) is 5.17. The van der Waals surface area contributed by atoms with Crippen LogP contribution >= 0.6 is 0 Å². The minimum absolute atomic E-state index is 0.522. The van der Waals surface area contributed by atoms with E-state index in [1.807, 2.05) is 0 Å². The second kappa shape index (κ2) is 14.0. The first-order chi connectivity index (χ1) is 30.9. The Balaban J connectivity index is 0.987. The number of rotatable bonds is 6. The monoisotopic (exact) mass is 806 g/mol. The zero-order valence-corrected chi connectivity index (χ0v) is 36.0. The fraction of sp³-hybridized carbons (Fsp3) is 0.0968. The predicted octanol–water partition coefficient (Wildman–Crippen LogP) is 15.7. The van der Waals surface area contributed by atoms with Gasteiger partial charge in [-0.3, -0.25) is 0 Å². The summed E-state index contributed by atoms with van der Waals surface area (Å²) < 4.78 is 6.78. The van der Waals surface area contributed by atoms with Crippen molar-refractivity contribution in [2.45, 2.75) is 38.5 Å². The second-order valence-electron chi connectivity index (χ2n) is 17.7. The molecule has 0 spiro atoms. The fourth-order valence-electron chi connectivity index (χ4n) is 11.6. The van der Waals surface area contributed by atoms with Gasteiger partial charge in [-0.2, -0.15) is 0 Å². The number of fused-ring (bicyclic) bond motifs is 8. The average molecular weight is 807 g/mol. The lowest BCUT2D eigenvalue weighted by atomic mass is 9.66. The topological polar surface area (TPSA) is 9.23 Å². The molecular formula is C62H46O. The maximum atomic E-state index is 6.78. The third-order valence-corrected chi connectivity index (χ3v) is 14.7. The van der Waals surface area contributed by atoms with Crippen molar-refractivity contribution in [3.8, 4) is 33.8 Å². The molecule has 0 bridgehead atoms. The van der Waals surface area contributed by atoms with E-state index in [2.05, 4.69) is 234 Å². The van der Waals surface area contributed by atoms with Crippen LogP contribution in [0.2, 0.25) is 0 Å². The lowest BCUT2D eigenvalue weighted by Gasteiger charge is -2.35. The van der Waals surface area contributed by atoms with E-state index in [9.17, 15) is 0 Å². The van der Waals surface area contributed by atoms with Crippen LogP contribution in [-0.4, -0.2) is 0 Å². The molecular weight excluding hydrogens is 761 g/mol. The molecule has 2 aliphatic rings. The summed E-state index contributed by atoms with van der Waals surface area (Å²) in [6.45, 7) is 9.01. The van der Waals surface area contributed by atoms with E-state index in [-0.39, 0.29) is 0 Å². The van der Waals surface area contributed by atoms with Gasteiger partial charge in [0.05, 0.1) is 10.8 Å². The summed E-state index contributed by atoms with van der Waals surface area (Å²) in [5.74, 6) is 1.61. The molecule has 0 fully saturated rings. The Morgan fingerprint density at radius 2 is 0.571 bits per heavy atom. The number of hydrogen-bond donors (Lipinski definition) is 0. The van der Waals surface area contributed by atoms with Crippen LogP contribution in [0, 0.1) is 27.7 Å². The third kappa shape index (κ3) is 5.17. The van der Waals surface area contributed by atoms with Crippen LogP contribution in [0.4, 0.5) is 0 Å². The molecule has 0 aromatic heterocycles. The molecule has 2 aliphatic carbocycles. The molecule has 10 aromatic carbocycles. The molecule has 12 rings (SSSR count). The molecule has 0 radical (unpaired) electrons. The molecule has 10 aromatic rings. The first kappa shape index (κ1) is 37.3. The molecule has 300 valence electrons. The zero-order chi connectivity index (χ0) is 42.5. The first-order valence-corrected chi connectivity index (χ1v) is 22.2. The number of ether oxygens (including phenoxy) is 1. The van der Waals surface area contributed by atoms with Gasteiger partial charge in [-0.15, -0.1) is 0 Å². The van der Waals surface area contributed by atoms with Crippen LogP contribution in [0.5, 0.6) is 11.5 Å². The van der Waals surface area contributed by atoms with Gasteiger partial charge >= 0.3 is 0 Å².